The molecular weight excluding hydrogens is 366 g/mol. The maximum absolute atomic E-state index is 12.4. The van der Waals surface area contributed by atoms with E-state index in [-0.39, 0.29) is 18.1 Å². The Morgan fingerprint density at radius 1 is 0.897 bits per heavy atom. The van der Waals surface area contributed by atoms with E-state index in [0.29, 0.717) is 31.4 Å². The first-order valence-electron chi connectivity index (χ1n) is 10.7. The average Bonchev–Trinajstić information content (AvgIpc) is 2.75. The molecule has 2 aromatic rings. The molecule has 1 N–H and O–H groups in total. The minimum atomic E-state index is -0.257. The second-order valence-corrected chi connectivity index (χ2v) is 7.49. The van der Waals surface area contributed by atoms with E-state index in [2.05, 4.69) is 6.92 Å². The van der Waals surface area contributed by atoms with Gasteiger partial charge in [0, 0.05) is 24.9 Å². The van der Waals surface area contributed by atoms with Gasteiger partial charge in [0.05, 0.1) is 7.11 Å². The molecule has 0 spiro atoms. The average molecular weight is 400 g/mol. The third-order valence-corrected chi connectivity index (χ3v) is 5.18. The lowest BCUT2D eigenvalue weighted by molar-refractivity contribution is -0.165. The number of ketones is 1. The zero-order valence-corrected chi connectivity index (χ0v) is 17.7. The molecule has 29 heavy (non-hydrogen) atoms. The lowest BCUT2D eigenvalue weighted by Gasteiger charge is -2.14. The monoisotopic (exact) mass is 399 g/mol. The summed E-state index contributed by atoms with van der Waals surface area (Å²) in [7, 11) is 1.63. The van der Waals surface area contributed by atoms with Crippen LogP contribution in [0.2, 0.25) is 0 Å². The van der Waals surface area contributed by atoms with Gasteiger partial charge in [-0.15, -0.1) is 0 Å². The van der Waals surface area contributed by atoms with Gasteiger partial charge in [0.2, 0.25) is 5.91 Å². The number of hydrogen-bond acceptors (Lipinski definition) is 4. The first-order chi connectivity index (χ1) is 14.0. The molecule has 0 aliphatic heterocycles. The van der Waals surface area contributed by atoms with Gasteiger partial charge in [-0.3, -0.25) is 14.8 Å². The minimum absolute atomic E-state index is 0.0759. The van der Waals surface area contributed by atoms with Crippen molar-refractivity contribution in [2.45, 2.75) is 64.7 Å². The molecule has 0 atom stereocenters. The first kappa shape index (κ1) is 22.9. The number of nitrogens with zero attached hydrogens (tertiary/aromatic N) is 1. The molecule has 1 amide bonds. The standard InChI is InChI=1S/C24H33NO4/c1-3-4-5-6-9-16-25(28)24(27)11-8-7-10-23(26)21-13-12-20-18-22(29-2)15-14-19(20)17-21/h12-15,17-18,28H,3-11,16H2,1-2H3. The Kier molecular flexibility index (Phi) is 9.65. The van der Waals surface area contributed by atoms with E-state index in [0.717, 1.165) is 40.8 Å². The molecule has 2 rings (SSSR count). The van der Waals surface area contributed by atoms with E-state index in [1.807, 2.05) is 36.4 Å². The lowest BCUT2D eigenvalue weighted by Crippen LogP contribution is -2.28. The van der Waals surface area contributed by atoms with Crippen molar-refractivity contribution >= 4 is 22.5 Å². The number of amides is 1. The summed E-state index contributed by atoms with van der Waals surface area (Å²) in [5.74, 6) is 0.611. The molecule has 0 saturated carbocycles. The van der Waals surface area contributed by atoms with Crippen molar-refractivity contribution in [2.75, 3.05) is 13.7 Å². The minimum Gasteiger partial charge on any atom is -0.497 e. The predicted octanol–water partition coefficient (Wildman–Crippen LogP) is 5.78. The number of Topliss-reactive ketones (excluding diaryl/α,β-unsaturated/α-hetero) is 1. The summed E-state index contributed by atoms with van der Waals surface area (Å²) in [6.45, 7) is 2.55. The molecule has 0 fully saturated rings. The number of hydroxylamine groups is 2. The molecule has 0 radical (unpaired) electrons. The molecule has 0 unspecified atom stereocenters. The Labute approximate surface area is 173 Å². The molecule has 158 valence electrons. The quantitative estimate of drug-likeness (QED) is 0.201. The molecule has 2 aromatic carbocycles. The predicted molar refractivity (Wildman–Crippen MR) is 116 cm³/mol. The summed E-state index contributed by atoms with van der Waals surface area (Å²) in [5.41, 5.74) is 0.685. The van der Waals surface area contributed by atoms with Crippen LogP contribution in [0.4, 0.5) is 0 Å². The first-order valence-corrected chi connectivity index (χ1v) is 10.7. The summed E-state index contributed by atoms with van der Waals surface area (Å²) < 4.78 is 5.22. The maximum Gasteiger partial charge on any atom is 0.245 e. The van der Waals surface area contributed by atoms with Crippen LogP contribution in [0.3, 0.4) is 0 Å². The van der Waals surface area contributed by atoms with Crippen molar-refractivity contribution in [3.63, 3.8) is 0 Å². The number of hydrogen-bond donors (Lipinski definition) is 1. The van der Waals surface area contributed by atoms with Gasteiger partial charge in [-0.2, -0.15) is 0 Å². The Balaban J connectivity index is 1.71. The van der Waals surface area contributed by atoms with Gasteiger partial charge < -0.3 is 4.74 Å². The smallest absolute Gasteiger partial charge is 0.245 e. The fourth-order valence-electron chi connectivity index (χ4n) is 3.35. The Hall–Kier alpha value is -2.40. The molecule has 5 nitrogen and oxygen atoms in total. The van der Waals surface area contributed by atoms with Crippen LogP contribution in [-0.2, 0) is 4.79 Å². The number of benzene rings is 2. The van der Waals surface area contributed by atoms with Crippen LogP contribution in [0.1, 0.15) is 75.1 Å². The summed E-state index contributed by atoms with van der Waals surface area (Å²) in [4.78, 5) is 24.4. The van der Waals surface area contributed by atoms with Crippen LogP contribution in [0.5, 0.6) is 5.75 Å². The van der Waals surface area contributed by atoms with Crippen LogP contribution in [0.15, 0.2) is 36.4 Å². The molecule has 0 aliphatic rings. The number of methoxy groups -OCH3 is 1. The molecule has 5 heteroatoms. The number of unbranched alkanes of at least 4 members (excludes halogenated alkanes) is 5. The Morgan fingerprint density at radius 3 is 2.34 bits per heavy atom. The fourth-order valence-corrected chi connectivity index (χ4v) is 3.35. The van der Waals surface area contributed by atoms with Gasteiger partial charge in [-0.1, -0.05) is 50.8 Å². The highest BCUT2D eigenvalue weighted by molar-refractivity contribution is 6.00. The second kappa shape index (κ2) is 12.2. The molecule has 0 saturated heterocycles. The highest BCUT2D eigenvalue weighted by Gasteiger charge is 2.12. The van der Waals surface area contributed by atoms with Crippen molar-refractivity contribution in [3.05, 3.63) is 42.0 Å². The summed E-state index contributed by atoms with van der Waals surface area (Å²) >= 11 is 0. The van der Waals surface area contributed by atoms with Gasteiger partial charge in [-0.25, -0.2) is 5.06 Å². The topological polar surface area (TPSA) is 66.8 Å². The molecular formula is C24H33NO4. The van der Waals surface area contributed by atoms with Crippen molar-refractivity contribution in [1.82, 2.24) is 5.06 Å². The van der Waals surface area contributed by atoms with Gasteiger partial charge in [0.25, 0.3) is 0 Å². The van der Waals surface area contributed by atoms with Crippen molar-refractivity contribution < 1.29 is 19.5 Å². The second-order valence-electron chi connectivity index (χ2n) is 7.49. The van der Waals surface area contributed by atoms with Crippen LogP contribution < -0.4 is 4.74 Å². The van der Waals surface area contributed by atoms with E-state index in [1.54, 1.807) is 7.11 Å². The highest BCUT2D eigenvalue weighted by Crippen LogP contribution is 2.22. The van der Waals surface area contributed by atoms with Crippen LogP contribution >= 0.6 is 0 Å². The van der Waals surface area contributed by atoms with Gasteiger partial charge >= 0.3 is 0 Å². The molecule has 0 aromatic heterocycles. The van der Waals surface area contributed by atoms with Crippen LogP contribution in [-0.4, -0.2) is 35.6 Å². The summed E-state index contributed by atoms with van der Waals surface area (Å²) in [6.07, 6.45) is 7.28. The van der Waals surface area contributed by atoms with E-state index in [9.17, 15) is 14.8 Å². The molecule has 0 heterocycles. The number of fused-ring (bicyclic) bond motifs is 1. The van der Waals surface area contributed by atoms with Gasteiger partial charge in [0.15, 0.2) is 5.78 Å². The third kappa shape index (κ3) is 7.50. The fraction of sp³-hybridized carbons (Fsp3) is 0.500. The van der Waals surface area contributed by atoms with Gasteiger partial charge in [0.1, 0.15) is 5.75 Å². The largest absolute Gasteiger partial charge is 0.497 e. The van der Waals surface area contributed by atoms with Crippen LogP contribution in [0.25, 0.3) is 10.8 Å². The molecule has 0 aliphatic carbocycles. The Morgan fingerprint density at radius 2 is 1.59 bits per heavy atom. The lowest BCUT2D eigenvalue weighted by atomic mass is 10.0. The van der Waals surface area contributed by atoms with Crippen molar-refractivity contribution in [1.29, 1.82) is 0 Å². The highest BCUT2D eigenvalue weighted by atomic mass is 16.5. The van der Waals surface area contributed by atoms with Crippen LogP contribution in [0, 0.1) is 0 Å². The number of carbonyl (C=O) groups is 2. The Bertz CT molecular complexity index is 803. The number of rotatable bonds is 13. The van der Waals surface area contributed by atoms with E-state index in [4.69, 9.17) is 4.74 Å². The van der Waals surface area contributed by atoms with Crippen molar-refractivity contribution in [3.8, 4) is 5.75 Å². The van der Waals surface area contributed by atoms with E-state index < -0.39 is 0 Å². The zero-order chi connectivity index (χ0) is 21.1. The van der Waals surface area contributed by atoms with Gasteiger partial charge in [-0.05, 0) is 48.2 Å². The number of ether oxygens (including phenoxy) is 1. The summed E-state index contributed by atoms with van der Waals surface area (Å²) in [6, 6.07) is 11.4. The SMILES string of the molecule is CCCCCCCN(O)C(=O)CCCCC(=O)c1ccc2cc(OC)ccc2c1. The normalized spacial score (nSPS) is 10.9. The molecule has 0 bridgehead atoms. The zero-order valence-electron chi connectivity index (χ0n) is 17.7. The van der Waals surface area contributed by atoms with Crippen molar-refractivity contribution in [2.24, 2.45) is 0 Å². The third-order valence-electron chi connectivity index (χ3n) is 5.18. The summed E-state index contributed by atoms with van der Waals surface area (Å²) in [5, 5.41) is 12.7. The maximum atomic E-state index is 12.4. The number of carbonyl (C=O) groups excluding carboxylic acids is 2. The van der Waals surface area contributed by atoms with E-state index >= 15 is 0 Å². The van der Waals surface area contributed by atoms with E-state index in [1.165, 1.54) is 12.8 Å².